The minimum Gasteiger partial charge on any atom is -0.462 e. The van der Waals surface area contributed by atoms with Crippen LogP contribution < -0.4 is 0 Å². The number of hydrogen-bond donors (Lipinski definition) is 3. The highest BCUT2D eigenvalue weighted by molar-refractivity contribution is 5.86. The third-order valence-electron chi connectivity index (χ3n) is 6.78. The van der Waals surface area contributed by atoms with Crippen LogP contribution in [0.25, 0.3) is 0 Å². The van der Waals surface area contributed by atoms with Crippen molar-refractivity contribution < 1.29 is 24.9 Å². The van der Waals surface area contributed by atoms with E-state index in [4.69, 9.17) is 20.1 Å². The van der Waals surface area contributed by atoms with Crippen molar-refractivity contribution in [3.05, 3.63) is 12.2 Å². The molecule has 0 spiro atoms. The van der Waals surface area contributed by atoms with Gasteiger partial charge in [0.25, 0.3) is 0 Å². The van der Waals surface area contributed by atoms with E-state index >= 15 is 0 Å². The fourth-order valence-corrected chi connectivity index (χ4v) is 5.29. The first kappa shape index (κ1) is 21.4. The molecule has 4 saturated carbocycles. The molecule has 5 nitrogen and oxygen atoms in total. The van der Waals surface area contributed by atoms with Gasteiger partial charge in [-0.25, -0.2) is 4.79 Å². The third kappa shape index (κ3) is 4.87. The number of ether oxygens (including phenoxy) is 1. The summed E-state index contributed by atoms with van der Waals surface area (Å²) in [7, 11) is 0. The van der Waals surface area contributed by atoms with Gasteiger partial charge in [0.15, 0.2) is 0 Å². The second-order valence-corrected chi connectivity index (χ2v) is 9.10. The lowest BCUT2D eigenvalue weighted by Crippen LogP contribution is -2.48. The molecule has 0 aliphatic heterocycles. The summed E-state index contributed by atoms with van der Waals surface area (Å²) in [4.78, 5) is 11.5. The maximum absolute atomic E-state index is 11.5. The molecule has 0 saturated heterocycles. The molecule has 0 aromatic heterocycles. The zero-order valence-electron chi connectivity index (χ0n) is 16.4. The monoisotopic (exact) mass is 368 g/mol. The molecular weight excluding hydrogens is 332 g/mol. The van der Waals surface area contributed by atoms with Crippen LogP contribution in [0.15, 0.2) is 12.2 Å². The predicted molar refractivity (Wildman–Crippen MR) is 100 cm³/mol. The summed E-state index contributed by atoms with van der Waals surface area (Å²) in [6.45, 7) is 7.36. The normalized spacial score (nSPS) is 32.0. The number of carbonyl (C=O) groups is 1. The van der Waals surface area contributed by atoms with E-state index in [1.807, 2.05) is 6.92 Å². The minimum absolute atomic E-state index is 0.156. The van der Waals surface area contributed by atoms with E-state index in [-0.39, 0.29) is 25.8 Å². The summed E-state index contributed by atoms with van der Waals surface area (Å²) in [5, 5.41) is 26.0. The van der Waals surface area contributed by atoms with Crippen LogP contribution in [0.5, 0.6) is 0 Å². The highest BCUT2D eigenvalue weighted by Gasteiger charge is 2.51. The van der Waals surface area contributed by atoms with Crippen molar-refractivity contribution in [3.8, 4) is 0 Å². The Morgan fingerprint density at radius 3 is 1.73 bits per heavy atom. The fraction of sp³-hybridized carbons (Fsp3) is 0.857. The average Bonchev–Trinajstić information content (AvgIpc) is 2.61. The van der Waals surface area contributed by atoms with Gasteiger partial charge in [0.1, 0.15) is 0 Å². The lowest BCUT2D eigenvalue weighted by atomic mass is 9.50. The van der Waals surface area contributed by atoms with Gasteiger partial charge in [0.2, 0.25) is 0 Å². The van der Waals surface area contributed by atoms with Gasteiger partial charge in [-0.2, -0.15) is 0 Å². The number of hydrogen-bond acceptors (Lipinski definition) is 5. The Bertz CT molecular complexity index is 442. The number of rotatable bonds is 7. The van der Waals surface area contributed by atoms with Crippen molar-refractivity contribution >= 4 is 5.97 Å². The van der Waals surface area contributed by atoms with Crippen LogP contribution in [0.3, 0.4) is 0 Å². The molecule has 4 rings (SSSR count). The number of aliphatic hydroxyl groups excluding tert-OH is 3. The summed E-state index contributed by atoms with van der Waals surface area (Å²) in [5.41, 5.74) is 0.189. The van der Waals surface area contributed by atoms with Gasteiger partial charge in [-0.3, -0.25) is 0 Å². The summed E-state index contributed by atoms with van der Waals surface area (Å²) >= 11 is 0. The maximum Gasteiger partial charge on any atom is 0.333 e. The van der Waals surface area contributed by atoms with Crippen LogP contribution in [-0.2, 0) is 9.53 Å². The Kier molecular flexibility index (Phi) is 7.28. The fourth-order valence-electron chi connectivity index (χ4n) is 5.29. The molecule has 4 aliphatic carbocycles. The zero-order valence-corrected chi connectivity index (χ0v) is 16.4. The molecule has 0 aromatic rings. The molecule has 4 aliphatic rings. The molecule has 0 unspecified atom stereocenters. The Morgan fingerprint density at radius 2 is 1.46 bits per heavy atom. The summed E-state index contributed by atoms with van der Waals surface area (Å²) < 4.78 is 5.45. The SMILES string of the molecule is C=C(C)C(=O)OCC12CC3CC(CC(C3)C1)C2.CCC(CO)(CO)CO. The van der Waals surface area contributed by atoms with Crippen LogP contribution in [0, 0.1) is 28.6 Å². The van der Waals surface area contributed by atoms with E-state index in [0.29, 0.717) is 24.0 Å². The van der Waals surface area contributed by atoms with Crippen molar-refractivity contribution in [3.63, 3.8) is 0 Å². The Balaban J connectivity index is 0.000000232. The van der Waals surface area contributed by atoms with Gasteiger partial charge in [0, 0.05) is 16.4 Å². The lowest BCUT2D eigenvalue weighted by Gasteiger charge is -2.56. The van der Waals surface area contributed by atoms with Crippen LogP contribution in [0.2, 0.25) is 0 Å². The second-order valence-electron chi connectivity index (χ2n) is 9.10. The van der Waals surface area contributed by atoms with Gasteiger partial charge in [-0.05, 0) is 69.6 Å². The lowest BCUT2D eigenvalue weighted by molar-refractivity contribution is -0.150. The van der Waals surface area contributed by atoms with Gasteiger partial charge < -0.3 is 20.1 Å². The van der Waals surface area contributed by atoms with E-state index in [1.54, 1.807) is 6.92 Å². The molecule has 0 aromatic carbocycles. The van der Waals surface area contributed by atoms with E-state index in [2.05, 4.69) is 6.58 Å². The highest BCUT2D eigenvalue weighted by Crippen LogP contribution is 2.60. The molecule has 0 heterocycles. The van der Waals surface area contributed by atoms with Gasteiger partial charge >= 0.3 is 5.97 Å². The van der Waals surface area contributed by atoms with E-state index < -0.39 is 5.41 Å². The largest absolute Gasteiger partial charge is 0.462 e. The molecule has 4 fully saturated rings. The Labute approximate surface area is 157 Å². The number of esters is 1. The van der Waals surface area contributed by atoms with E-state index in [9.17, 15) is 4.79 Å². The topological polar surface area (TPSA) is 87.0 Å². The first-order valence-corrected chi connectivity index (χ1v) is 9.96. The molecule has 0 atom stereocenters. The van der Waals surface area contributed by atoms with Crippen LogP contribution in [0.1, 0.15) is 58.8 Å². The Morgan fingerprint density at radius 1 is 1.04 bits per heavy atom. The second kappa shape index (κ2) is 8.85. The summed E-state index contributed by atoms with van der Waals surface area (Å²) in [6, 6.07) is 0. The van der Waals surface area contributed by atoms with Crippen molar-refractivity contribution in [2.45, 2.75) is 58.8 Å². The summed E-state index contributed by atoms with van der Waals surface area (Å²) in [5.74, 6) is 2.56. The number of carbonyl (C=O) groups excluding carboxylic acids is 1. The van der Waals surface area contributed by atoms with Crippen LogP contribution in [0.4, 0.5) is 0 Å². The zero-order chi connectivity index (χ0) is 19.4. The van der Waals surface area contributed by atoms with Gasteiger partial charge in [0.05, 0.1) is 26.4 Å². The molecule has 4 bridgehead atoms. The molecule has 0 radical (unpaired) electrons. The quantitative estimate of drug-likeness (QED) is 0.475. The first-order valence-electron chi connectivity index (χ1n) is 9.96. The predicted octanol–water partition coefficient (Wildman–Crippen LogP) is 2.68. The molecular formula is C21H36O5. The summed E-state index contributed by atoms with van der Waals surface area (Å²) in [6.07, 6.45) is 8.79. The standard InChI is InChI=1S/C15H22O2.C6H14O3/c1-10(2)14(16)17-9-15-6-11-3-12(7-15)5-13(4-11)8-15;1-2-6(3-7,4-8)5-9/h11-13H,1,3-9H2,2H3;7-9H,2-5H2,1H3. The Hall–Kier alpha value is -0.910. The smallest absolute Gasteiger partial charge is 0.333 e. The van der Waals surface area contributed by atoms with Crippen molar-refractivity contribution in [1.82, 2.24) is 0 Å². The van der Waals surface area contributed by atoms with Crippen LogP contribution >= 0.6 is 0 Å². The van der Waals surface area contributed by atoms with E-state index in [1.165, 1.54) is 38.5 Å². The molecule has 5 heteroatoms. The highest BCUT2D eigenvalue weighted by atomic mass is 16.5. The maximum atomic E-state index is 11.5. The van der Waals surface area contributed by atoms with Gasteiger partial charge in [-0.1, -0.05) is 13.5 Å². The molecule has 150 valence electrons. The molecule has 0 amide bonds. The average molecular weight is 369 g/mol. The van der Waals surface area contributed by atoms with Gasteiger partial charge in [-0.15, -0.1) is 0 Å². The van der Waals surface area contributed by atoms with Crippen molar-refractivity contribution in [2.75, 3.05) is 26.4 Å². The van der Waals surface area contributed by atoms with E-state index in [0.717, 1.165) is 17.8 Å². The van der Waals surface area contributed by atoms with Crippen molar-refractivity contribution in [2.24, 2.45) is 28.6 Å². The minimum atomic E-state index is -0.667. The number of aliphatic hydroxyl groups is 3. The first-order chi connectivity index (χ1) is 12.3. The van der Waals surface area contributed by atoms with Crippen molar-refractivity contribution in [1.29, 1.82) is 0 Å². The molecule has 3 N–H and O–H groups in total. The van der Waals surface area contributed by atoms with Crippen LogP contribution in [-0.4, -0.2) is 47.7 Å². The molecule has 26 heavy (non-hydrogen) atoms. The third-order valence-corrected chi connectivity index (χ3v) is 6.78.